The number of ether oxygens (including phenoxy) is 1. The molecule has 0 radical (unpaired) electrons. The van der Waals surface area contributed by atoms with Gasteiger partial charge in [-0.25, -0.2) is 9.59 Å². The summed E-state index contributed by atoms with van der Waals surface area (Å²) in [7, 11) is 1.68. The van der Waals surface area contributed by atoms with Crippen LogP contribution in [0.2, 0.25) is 0 Å². The average Bonchev–Trinajstić information content (AvgIpc) is 3.03. The number of amides is 5. The fourth-order valence-corrected chi connectivity index (χ4v) is 5.26. The van der Waals surface area contributed by atoms with Crippen LogP contribution in [0.5, 0.6) is 5.75 Å². The normalized spacial score (nSPS) is 17.0. The van der Waals surface area contributed by atoms with Crippen molar-refractivity contribution in [2.45, 2.75) is 26.0 Å². The molecule has 0 fully saturated rings. The topological polar surface area (TPSA) is 123 Å². The van der Waals surface area contributed by atoms with Gasteiger partial charge in [0.1, 0.15) is 6.10 Å². The van der Waals surface area contributed by atoms with Crippen LogP contribution >= 0.6 is 0 Å². The molecule has 0 bridgehead atoms. The fourth-order valence-electron chi connectivity index (χ4n) is 5.26. The lowest BCUT2D eigenvalue weighted by Gasteiger charge is -2.38. The van der Waals surface area contributed by atoms with Crippen molar-refractivity contribution in [1.29, 1.82) is 0 Å². The van der Waals surface area contributed by atoms with Crippen molar-refractivity contribution in [1.82, 2.24) is 9.80 Å². The molecule has 4 N–H and O–H groups in total. The van der Waals surface area contributed by atoms with Crippen molar-refractivity contribution in [3.8, 4) is 5.75 Å². The number of carbonyl (C=O) groups is 3. The molecule has 44 heavy (non-hydrogen) atoms. The number of fused-ring (bicyclic) bond motifs is 2. The van der Waals surface area contributed by atoms with Crippen molar-refractivity contribution in [2.75, 3.05) is 42.7 Å². The zero-order valence-electron chi connectivity index (χ0n) is 25.0. The Morgan fingerprint density at radius 2 is 1.59 bits per heavy atom. The zero-order chi connectivity index (χ0) is 31.2. The summed E-state index contributed by atoms with van der Waals surface area (Å²) in [6.07, 6.45) is -0.550. The quantitative estimate of drug-likeness (QED) is 0.213. The van der Waals surface area contributed by atoms with Gasteiger partial charge in [0.25, 0.3) is 5.91 Å². The molecule has 1 aliphatic rings. The molecular formula is C34H37N5O5. The van der Waals surface area contributed by atoms with E-state index in [4.69, 9.17) is 4.74 Å². The predicted molar refractivity (Wildman–Crippen MR) is 172 cm³/mol. The number of nitrogens with zero attached hydrogens (tertiary/aromatic N) is 2. The van der Waals surface area contributed by atoms with Crippen molar-refractivity contribution < 1.29 is 24.2 Å². The second-order valence-corrected chi connectivity index (χ2v) is 11.1. The van der Waals surface area contributed by atoms with Gasteiger partial charge in [0.15, 0.2) is 5.75 Å². The lowest BCUT2D eigenvalue weighted by molar-refractivity contribution is 0.0373. The van der Waals surface area contributed by atoms with E-state index in [-0.39, 0.29) is 42.3 Å². The Balaban J connectivity index is 1.43. The van der Waals surface area contributed by atoms with E-state index in [2.05, 4.69) is 16.0 Å². The summed E-state index contributed by atoms with van der Waals surface area (Å²) >= 11 is 0. The molecule has 0 unspecified atom stereocenters. The van der Waals surface area contributed by atoms with Crippen molar-refractivity contribution in [3.63, 3.8) is 0 Å². The summed E-state index contributed by atoms with van der Waals surface area (Å²) in [5.41, 5.74) is 1.86. The second kappa shape index (κ2) is 13.5. The molecule has 5 rings (SSSR count). The number of benzene rings is 4. The van der Waals surface area contributed by atoms with E-state index < -0.39 is 18.2 Å². The monoisotopic (exact) mass is 595 g/mol. The minimum absolute atomic E-state index is 0.200. The van der Waals surface area contributed by atoms with Crippen LogP contribution in [0.4, 0.5) is 26.7 Å². The Bertz CT molecular complexity index is 1640. The maximum absolute atomic E-state index is 13.8. The molecule has 0 saturated carbocycles. The van der Waals surface area contributed by atoms with E-state index in [0.717, 1.165) is 10.8 Å². The van der Waals surface area contributed by atoms with Gasteiger partial charge in [-0.1, -0.05) is 67.6 Å². The summed E-state index contributed by atoms with van der Waals surface area (Å²) < 4.78 is 6.53. The van der Waals surface area contributed by atoms with Crippen LogP contribution in [0, 0.1) is 5.92 Å². The lowest BCUT2D eigenvalue weighted by Crippen LogP contribution is -2.50. The first-order valence-electron chi connectivity index (χ1n) is 14.6. The number of aliphatic hydroxyl groups is 1. The average molecular weight is 596 g/mol. The summed E-state index contributed by atoms with van der Waals surface area (Å²) in [5.74, 6) is -0.347. The van der Waals surface area contributed by atoms with E-state index >= 15 is 0 Å². The van der Waals surface area contributed by atoms with Crippen molar-refractivity contribution in [3.05, 3.63) is 96.6 Å². The van der Waals surface area contributed by atoms with E-state index in [9.17, 15) is 19.5 Å². The summed E-state index contributed by atoms with van der Waals surface area (Å²) in [6.45, 7) is 4.00. The molecule has 228 valence electrons. The summed E-state index contributed by atoms with van der Waals surface area (Å²) in [5, 5.41) is 20.5. The molecule has 0 saturated heterocycles. The molecule has 0 spiro atoms. The molecule has 0 aliphatic carbocycles. The van der Waals surface area contributed by atoms with Gasteiger partial charge in [-0.15, -0.1) is 0 Å². The van der Waals surface area contributed by atoms with E-state index in [1.165, 1.54) is 4.90 Å². The molecule has 5 amide bonds. The smallest absolute Gasteiger partial charge is 0.323 e. The van der Waals surface area contributed by atoms with Gasteiger partial charge >= 0.3 is 12.1 Å². The van der Waals surface area contributed by atoms with Gasteiger partial charge in [-0.2, -0.15) is 0 Å². The third-order valence-electron chi connectivity index (χ3n) is 7.80. The van der Waals surface area contributed by atoms with Crippen LogP contribution in [0.15, 0.2) is 91.0 Å². The first-order valence-corrected chi connectivity index (χ1v) is 14.6. The first kappa shape index (κ1) is 30.4. The number of rotatable bonds is 7. The van der Waals surface area contributed by atoms with E-state index in [1.54, 1.807) is 49.2 Å². The van der Waals surface area contributed by atoms with Gasteiger partial charge in [0.2, 0.25) is 0 Å². The number of urea groups is 2. The second-order valence-electron chi connectivity index (χ2n) is 11.1. The number of hydrogen-bond acceptors (Lipinski definition) is 5. The third kappa shape index (κ3) is 6.76. The third-order valence-corrected chi connectivity index (χ3v) is 7.80. The van der Waals surface area contributed by atoms with Crippen LogP contribution in [-0.4, -0.2) is 71.8 Å². The lowest BCUT2D eigenvalue weighted by atomic mass is 9.99. The van der Waals surface area contributed by atoms with Crippen LogP contribution in [0.25, 0.3) is 10.8 Å². The molecule has 10 heteroatoms. The Hall–Kier alpha value is -5.09. The Kier molecular flexibility index (Phi) is 9.30. The van der Waals surface area contributed by atoms with Gasteiger partial charge in [0, 0.05) is 30.6 Å². The highest BCUT2D eigenvalue weighted by molar-refractivity contribution is 6.08. The maximum atomic E-state index is 13.8. The van der Waals surface area contributed by atoms with Gasteiger partial charge in [0.05, 0.1) is 36.1 Å². The summed E-state index contributed by atoms with van der Waals surface area (Å²) in [4.78, 5) is 43.2. The summed E-state index contributed by atoms with van der Waals surface area (Å²) in [6, 6.07) is 26.3. The van der Waals surface area contributed by atoms with Crippen molar-refractivity contribution >= 4 is 45.8 Å². The van der Waals surface area contributed by atoms with E-state index in [0.29, 0.717) is 23.6 Å². The number of anilines is 3. The minimum atomic E-state index is -0.550. The van der Waals surface area contributed by atoms with Crippen LogP contribution in [0.1, 0.15) is 24.2 Å². The highest BCUT2D eigenvalue weighted by atomic mass is 16.5. The SMILES string of the molecule is C[C@@H]1CN([C@H](C)CO)C(=O)c2cccc(NC(=O)Nc3cccc4ccccc34)c2O[C@@H]1CN(C)C(=O)Nc1ccccc1. The van der Waals surface area contributed by atoms with Crippen LogP contribution < -0.4 is 20.7 Å². The molecule has 1 aliphatic heterocycles. The van der Waals surface area contributed by atoms with Crippen molar-refractivity contribution in [2.24, 2.45) is 5.92 Å². The maximum Gasteiger partial charge on any atom is 0.323 e. The largest absolute Gasteiger partial charge is 0.485 e. The first-order chi connectivity index (χ1) is 21.2. The van der Waals surface area contributed by atoms with Gasteiger partial charge < -0.3 is 35.6 Å². The minimum Gasteiger partial charge on any atom is -0.485 e. The molecule has 10 nitrogen and oxygen atoms in total. The Morgan fingerprint density at radius 1 is 0.932 bits per heavy atom. The number of nitrogens with one attached hydrogen (secondary N) is 3. The molecular weight excluding hydrogens is 558 g/mol. The molecule has 4 aromatic carbocycles. The molecule has 3 atom stereocenters. The number of para-hydroxylation sites is 2. The number of hydrogen-bond donors (Lipinski definition) is 4. The molecule has 4 aromatic rings. The standard InChI is InChI=1S/C34H37N5O5/c1-22-19-39(23(2)21-40)32(41)27-16-10-18-29(37-33(42)36-28-17-9-12-24-11-7-8-15-26(24)28)31(27)44-30(22)20-38(3)34(43)35-25-13-5-4-6-14-25/h4-18,22-23,30,40H,19-21H2,1-3H3,(H,35,43)(H2,36,37,42)/t22-,23-,30-/m1/s1. The highest BCUT2D eigenvalue weighted by Gasteiger charge is 2.35. The zero-order valence-corrected chi connectivity index (χ0v) is 25.0. The van der Waals surface area contributed by atoms with Gasteiger partial charge in [-0.05, 0) is 42.6 Å². The van der Waals surface area contributed by atoms with Gasteiger partial charge in [-0.3, -0.25) is 4.79 Å². The molecule has 0 aromatic heterocycles. The fraction of sp³-hybridized carbons (Fsp3) is 0.265. The Labute approximate surface area is 256 Å². The van der Waals surface area contributed by atoms with Crippen LogP contribution in [0.3, 0.4) is 0 Å². The Morgan fingerprint density at radius 3 is 2.36 bits per heavy atom. The van der Waals surface area contributed by atoms with Crippen LogP contribution in [-0.2, 0) is 0 Å². The van der Waals surface area contributed by atoms with E-state index in [1.807, 2.05) is 67.6 Å². The predicted octanol–water partition coefficient (Wildman–Crippen LogP) is 5.87. The number of aliphatic hydroxyl groups excluding tert-OH is 1. The number of carbonyl (C=O) groups excluding carboxylic acids is 3. The highest BCUT2D eigenvalue weighted by Crippen LogP contribution is 2.35. The number of likely N-dealkylation sites (N-methyl/N-ethyl adjacent to an activating group) is 1. The molecule has 1 heterocycles.